The number of aliphatic hydroxyl groups is 1. The van der Waals surface area contributed by atoms with Crippen molar-refractivity contribution in [3.05, 3.63) is 65.0 Å². The van der Waals surface area contributed by atoms with E-state index in [9.17, 15) is 17.9 Å². The lowest BCUT2D eigenvalue weighted by Crippen LogP contribution is -2.39. The molecule has 0 fully saturated rings. The minimum Gasteiger partial charge on any atom is -0.384 e. The molecule has 2 aromatic carbocycles. The second kappa shape index (κ2) is 5.70. The van der Waals surface area contributed by atoms with Crippen molar-refractivity contribution in [2.45, 2.75) is 30.3 Å². The van der Waals surface area contributed by atoms with E-state index in [0.717, 1.165) is 17.2 Å². The summed E-state index contributed by atoms with van der Waals surface area (Å²) < 4.78 is 40.5. The summed E-state index contributed by atoms with van der Waals surface area (Å²) in [7, 11) is -3.81. The fourth-order valence-electron chi connectivity index (χ4n) is 3.06. The molecule has 0 bridgehead atoms. The van der Waals surface area contributed by atoms with E-state index in [4.69, 9.17) is 0 Å². The van der Waals surface area contributed by atoms with Crippen LogP contribution in [0.5, 0.6) is 0 Å². The van der Waals surface area contributed by atoms with Crippen LogP contribution in [0.25, 0.3) is 0 Å². The van der Waals surface area contributed by atoms with Crippen molar-refractivity contribution in [1.29, 1.82) is 0 Å². The van der Waals surface area contributed by atoms with Crippen LogP contribution >= 0.6 is 0 Å². The Hall–Kier alpha value is -1.76. The van der Waals surface area contributed by atoms with Gasteiger partial charge in [0, 0.05) is 6.54 Å². The minimum absolute atomic E-state index is 0.0220. The first-order chi connectivity index (χ1) is 10.8. The van der Waals surface area contributed by atoms with E-state index in [1.807, 2.05) is 24.3 Å². The monoisotopic (exact) mass is 335 g/mol. The van der Waals surface area contributed by atoms with Crippen LogP contribution in [0.15, 0.2) is 47.4 Å². The molecule has 0 heterocycles. The fraction of sp³-hybridized carbons (Fsp3) is 0.294. The SMILES string of the molecule is Cc1cc(F)ccc1S(=O)(=O)NC[C@@]1(O)CCc2ccccc21. The summed E-state index contributed by atoms with van der Waals surface area (Å²) in [5.41, 5.74) is 0.916. The molecule has 6 heteroatoms. The van der Waals surface area contributed by atoms with Crippen molar-refractivity contribution >= 4 is 10.0 Å². The van der Waals surface area contributed by atoms with Crippen LogP contribution in [0.1, 0.15) is 23.1 Å². The molecule has 0 spiro atoms. The molecule has 1 atom stereocenters. The summed E-state index contributed by atoms with van der Waals surface area (Å²) in [5.74, 6) is -0.482. The number of aryl methyl sites for hydroxylation is 2. The zero-order chi connectivity index (χ0) is 16.7. The van der Waals surface area contributed by atoms with Crippen LogP contribution in [0.2, 0.25) is 0 Å². The van der Waals surface area contributed by atoms with Gasteiger partial charge in [0.25, 0.3) is 0 Å². The first kappa shape index (κ1) is 16.1. The number of halogens is 1. The van der Waals surface area contributed by atoms with E-state index in [-0.39, 0.29) is 11.4 Å². The predicted molar refractivity (Wildman–Crippen MR) is 85.0 cm³/mol. The molecule has 122 valence electrons. The number of fused-ring (bicyclic) bond motifs is 1. The van der Waals surface area contributed by atoms with E-state index in [1.54, 1.807) is 0 Å². The molecule has 0 aliphatic heterocycles. The summed E-state index contributed by atoms with van der Waals surface area (Å²) in [5, 5.41) is 10.8. The lowest BCUT2D eigenvalue weighted by Gasteiger charge is -2.24. The van der Waals surface area contributed by atoms with Gasteiger partial charge in [-0.05, 0) is 54.7 Å². The summed E-state index contributed by atoms with van der Waals surface area (Å²) in [6, 6.07) is 11.0. The Balaban J connectivity index is 1.83. The Labute approximate surface area is 135 Å². The van der Waals surface area contributed by atoms with Gasteiger partial charge in [0.15, 0.2) is 0 Å². The maximum Gasteiger partial charge on any atom is 0.240 e. The lowest BCUT2D eigenvalue weighted by molar-refractivity contribution is 0.0442. The van der Waals surface area contributed by atoms with Crippen molar-refractivity contribution < 1.29 is 17.9 Å². The molecule has 0 saturated heterocycles. The normalized spacial score (nSPS) is 20.5. The standard InChI is InChI=1S/C17H18FNO3S/c1-12-10-14(18)6-7-16(12)23(21,22)19-11-17(20)9-8-13-4-2-3-5-15(13)17/h2-7,10,19-20H,8-9,11H2,1H3/t17-/m0/s1. The first-order valence-corrected chi connectivity index (χ1v) is 8.87. The van der Waals surface area contributed by atoms with Crippen molar-refractivity contribution in [1.82, 2.24) is 4.72 Å². The van der Waals surface area contributed by atoms with Crippen LogP contribution in [-0.4, -0.2) is 20.1 Å². The number of rotatable bonds is 4. The molecule has 1 aliphatic carbocycles. The molecule has 0 amide bonds. The van der Waals surface area contributed by atoms with E-state index < -0.39 is 21.4 Å². The molecule has 0 saturated carbocycles. The predicted octanol–water partition coefficient (Wildman–Crippen LogP) is 2.25. The van der Waals surface area contributed by atoms with E-state index in [2.05, 4.69) is 4.72 Å². The molecule has 3 rings (SSSR count). The molecule has 1 aliphatic rings. The van der Waals surface area contributed by atoms with E-state index >= 15 is 0 Å². The zero-order valence-corrected chi connectivity index (χ0v) is 13.5. The Morgan fingerprint density at radius 3 is 2.74 bits per heavy atom. The summed E-state index contributed by atoms with van der Waals surface area (Å²) in [4.78, 5) is 0.0220. The van der Waals surface area contributed by atoms with Gasteiger partial charge < -0.3 is 5.11 Å². The largest absolute Gasteiger partial charge is 0.384 e. The van der Waals surface area contributed by atoms with Crippen molar-refractivity contribution in [3.8, 4) is 0 Å². The molecule has 4 nitrogen and oxygen atoms in total. The van der Waals surface area contributed by atoms with Gasteiger partial charge in [0.2, 0.25) is 10.0 Å². The summed E-state index contributed by atoms with van der Waals surface area (Å²) >= 11 is 0. The number of hydrogen-bond donors (Lipinski definition) is 2. The van der Waals surface area contributed by atoms with Gasteiger partial charge in [-0.3, -0.25) is 0 Å². The van der Waals surface area contributed by atoms with Crippen LogP contribution in [0.3, 0.4) is 0 Å². The lowest BCUT2D eigenvalue weighted by atomic mass is 9.96. The van der Waals surface area contributed by atoms with Gasteiger partial charge in [0.05, 0.1) is 4.90 Å². The highest BCUT2D eigenvalue weighted by atomic mass is 32.2. The van der Waals surface area contributed by atoms with Crippen LogP contribution < -0.4 is 4.72 Å². The summed E-state index contributed by atoms with van der Waals surface area (Å²) in [6.45, 7) is 1.43. The van der Waals surface area contributed by atoms with E-state index in [0.29, 0.717) is 18.4 Å². The molecule has 0 unspecified atom stereocenters. The van der Waals surface area contributed by atoms with Crippen molar-refractivity contribution in [2.24, 2.45) is 0 Å². The number of hydrogen-bond acceptors (Lipinski definition) is 3. The average molecular weight is 335 g/mol. The third-order valence-electron chi connectivity index (χ3n) is 4.31. The third kappa shape index (κ3) is 3.02. The van der Waals surface area contributed by atoms with Gasteiger partial charge >= 0.3 is 0 Å². The quantitative estimate of drug-likeness (QED) is 0.900. The molecule has 0 aromatic heterocycles. The van der Waals surface area contributed by atoms with Gasteiger partial charge in [-0.2, -0.15) is 0 Å². The zero-order valence-electron chi connectivity index (χ0n) is 12.7. The minimum atomic E-state index is -3.81. The summed E-state index contributed by atoms with van der Waals surface area (Å²) in [6.07, 6.45) is 1.18. The van der Waals surface area contributed by atoms with Crippen LogP contribution in [0, 0.1) is 12.7 Å². The molecular weight excluding hydrogens is 317 g/mol. The second-order valence-electron chi connectivity index (χ2n) is 5.92. The third-order valence-corrected chi connectivity index (χ3v) is 5.87. The van der Waals surface area contributed by atoms with Crippen LogP contribution in [0.4, 0.5) is 4.39 Å². The molecule has 2 N–H and O–H groups in total. The highest BCUT2D eigenvalue weighted by Crippen LogP contribution is 2.36. The molecule has 0 radical (unpaired) electrons. The number of nitrogens with one attached hydrogen (secondary N) is 1. The van der Waals surface area contributed by atoms with E-state index in [1.165, 1.54) is 19.1 Å². The molecular formula is C17H18FNO3S. The highest BCUT2D eigenvalue weighted by molar-refractivity contribution is 7.89. The number of benzene rings is 2. The maximum atomic E-state index is 13.1. The van der Waals surface area contributed by atoms with Gasteiger partial charge in [-0.1, -0.05) is 24.3 Å². The first-order valence-electron chi connectivity index (χ1n) is 7.38. The Morgan fingerprint density at radius 2 is 2.00 bits per heavy atom. The smallest absolute Gasteiger partial charge is 0.240 e. The maximum absolute atomic E-state index is 13.1. The average Bonchev–Trinajstić information content (AvgIpc) is 2.84. The van der Waals surface area contributed by atoms with Crippen LogP contribution in [-0.2, 0) is 22.0 Å². The highest BCUT2D eigenvalue weighted by Gasteiger charge is 2.37. The van der Waals surface area contributed by atoms with Crippen molar-refractivity contribution in [2.75, 3.05) is 6.54 Å². The van der Waals surface area contributed by atoms with Gasteiger partial charge in [0.1, 0.15) is 11.4 Å². The number of sulfonamides is 1. The Kier molecular flexibility index (Phi) is 4.00. The fourth-order valence-corrected chi connectivity index (χ4v) is 4.37. The Morgan fingerprint density at radius 1 is 1.26 bits per heavy atom. The van der Waals surface area contributed by atoms with Crippen molar-refractivity contribution in [3.63, 3.8) is 0 Å². The molecule has 23 heavy (non-hydrogen) atoms. The van der Waals surface area contributed by atoms with Gasteiger partial charge in [-0.15, -0.1) is 0 Å². The van der Waals surface area contributed by atoms with Gasteiger partial charge in [-0.25, -0.2) is 17.5 Å². The second-order valence-corrected chi connectivity index (χ2v) is 7.66. The Bertz CT molecular complexity index is 851. The topological polar surface area (TPSA) is 66.4 Å². The molecule has 2 aromatic rings.